The Labute approximate surface area is 131 Å². The molecule has 5 heteroatoms. The number of rotatable bonds is 8. The van der Waals surface area contributed by atoms with E-state index < -0.39 is 6.10 Å². The molecule has 0 aliphatic carbocycles. The maximum Gasteiger partial charge on any atom is 0.0897 e. The first-order valence-electron chi connectivity index (χ1n) is 6.84. The molecule has 2 N–H and O–H groups in total. The van der Waals surface area contributed by atoms with Crippen molar-refractivity contribution in [2.24, 2.45) is 5.92 Å². The zero-order valence-corrected chi connectivity index (χ0v) is 13.7. The molecular weight excluding hydrogens is 297 g/mol. The molecule has 1 aromatic carbocycles. The average molecular weight is 320 g/mol. The summed E-state index contributed by atoms with van der Waals surface area (Å²) in [5, 5.41) is 14.3. The van der Waals surface area contributed by atoms with E-state index in [1.807, 2.05) is 19.1 Å². The largest absolute Gasteiger partial charge is 0.389 e. The minimum atomic E-state index is -0.526. The first-order valence-corrected chi connectivity index (χ1v) is 7.60. The monoisotopic (exact) mass is 319 g/mol. The van der Waals surface area contributed by atoms with E-state index in [4.69, 9.17) is 27.9 Å². The van der Waals surface area contributed by atoms with Gasteiger partial charge in [0, 0.05) is 29.2 Å². The summed E-state index contributed by atoms with van der Waals surface area (Å²) >= 11 is 12.0. The van der Waals surface area contributed by atoms with Crippen LogP contribution < -0.4 is 5.32 Å². The van der Waals surface area contributed by atoms with Gasteiger partial charge in [0.15, 0.2) is 0 Å². The van der Waals surface area contributed by atoms with Crippen molar-refractivity contribution in [3.63, 3.8) is 0 Å². The second-order valence-corrected chi connectivity index (χ2v) is 6.22. The third-order valence-electron chi connectivity index (χ3n) is 2.85. The van der Waals surface area contributed by atoms with Crippen LogP contribution in [0.2, 0.25) is 10.0 Å². The van der Waals surface area contributed by atoms with Crippen molar-refractivity contribution >= 4 is 23.2 Å². The fourth-order valence-corrected chi connectivity index (χ4v) is 2.35. The van der Waals surface area contributed by atoms with Crippen LogP contribution in [-0.2, 0) is 4.74 Å². The molecule has 3 nitrogen and oxygen atoms in total. The SMILES string of the molecule is CC(C)COCC(O)CNC(C)c1ccc(Cl)cc1Cl. The Hall–Kier alpha value is -0.320. The highest BCUT2D eigenvalue weighted by Crippen LogP contribution is 2.25. The Balaban J connectivity index is 2.37. The van der Waals surface area contributed by atoms with E-state index in [9.17, 15) is 5.11 Å². The van der Waals surface area contributed by atoms with Crippen molar-refractivity contribution in [3.8, 4) is 0 Å². The van der Waals surface area contributed by atoms with E-state index in [-0.39, 0.29) is 6.04 Å². The van der Waals surface area contributed by atoms with Crippen LogP contribution in [0, 0.1) is 5.92 Å². The van der Waals surface area contributed by atoms with Crippen LogP contribution in [0.4, 0.5) is 0 Å². The van der Waals surface area contributed by atoms with Gasteiger partial charge in [-0.1, -0.05) is 43.1 Å². The molecule has 0 radical (unpaired) electrons. The Morgan fingerprint density at radius 1 is 1.20 bits per heavy atom. The zero-order chi connectivity index (χ0) is 15.1. The minimum absolute atomic E-state index is 0.0412. The summed E-state index contributed by atoms with van der Waals surface area (Å²) in [6.07, 6.45) is -0.526. The molecule has 2 unspecified atom stereocenters. The van der Waals surface area contributed by atoms with Gasteiger partial charge in [-0.2, -0.15) is 0 Å². The van der Waals surface area contributed by atoms with Gasteiger partial charge in [-0.15, -0.1) is 0 Å². The van der Waals surface area contributed by atoms with Gasteiger partial charge >= 0.3 is 0 Å². The highest BCUT2D eigenvalue weighted by molar-refractivity contribution is 6.35. The predicted molar refractivity (Wildman–Crippen MR) is 84.5 cm³/mol. The molecule has 0 aliphatic rings. The summed E-state index contributed by atoms with van der Waals surface area (Å²) in [7, 11) is 0. The first-order chi connectivity index (χ1) is 9.40. The van der Waals surface area contributed by atoms with E-state index in [1.165, 1.54) is 0 Å². The Bertz CT molecular complexity index is 413. The average Bonchev–Trinajstić information content (AvgIpc) is 2.35. The number of aliphatic hydroxyl groups excluding tert-OH is 1. The van der Waals surface area contributed by atoms with Crippen LogP contribution in [0.3, 0.4) is 0 Å². The van der Waals surface area contributed by atoms with Crippen LogP contribution in [0.5, 0.6) is 0 Å². The number of nitrogens with one attached hydrogen (secondary N) is 1. The molecular formula is C15H23Cl2NO2. The molecule has 2 atom stereocenters. The van der Waals surface area contributed by atoms with E-state index in [0.717, 1.165) is 5.56 Å². The standard InChI is InChI=1S/C15H23Cl2NO2/c1-10(2)8-20-9-13(19)7-18-11(3)14-5-4-12(16)6-15(14)17/h4-6,10-11,13,18-19H,7-9H2,1-3H3. The van der Waals surface area contributed by atoms with E-state index in [1.54, 1.807) is 6.07 Å². The summed E-state index contributed by atoms with van der Waals surface area (Å²) in [5.41, 5.74) is 0.964. The highest BCUT2D eigenvalue weighted by Gasteiger charge is 2.12. The van der Waals surface area contributed by atoms with Crippen molar-refractivity contribution < 1.29 is 9.84 Å². The van der Waals surface area contributed by atoms with E-state index in [2.05, 4.69) is 19.2 Å². The number of benzene rings is 1. The molecule has 0 fully saturated rings. The number of aliphatic hydroxyl groups is 1. The van der Waals surface area contributed by atoms with Gasteiger partial charge in [0.1, 0.15) is 0 Å². The van der Waals surface area contributed by atoms with Crippen LogP contribution in [-0.4, -0.2) is 31.0 Å². The quantitative estimate of drug-likeness (QED) is 0.768. The van der Waals surface area contributed by atoms with Crippen LogP contribution >= 0.6 is 23.2 Å². The van der Waals surface area contributed by atoms with Gasteiger partial charge in [0.2, 0.25) is 0 Å². The molecule has 0 aromatic heterocycles. The topological polar surface area (TPSA) is 41.5 Å². The number of halogens is 2. The maximum atomic E-state index is 9.83. The molecule has 1 aromatic rings. The summed E-state index contributed by atoms with van der Waals surface area (Å²) in [6.45, 7) is 7.61. The minimum Gasteiger partial charge on any atom is -0.389 e. The van der Waals surface area contributed by atoms with E-state index >= 15 is 0 Å². The third-order valence-corrected chi connectivity index (χ3v) is 3.41. The van der Waals surface area contributed by atoms with Gasteiger partial charge in [-0.25, -0.2) is 0 Å². The second kappa shape index (κ2) is 8.85. The van der Waals surface area contributed by atoms with Gasteiger partial charge in [0.05, 0.1) is 12.7 Å². The van der Waals surface area contributed by atoms with Crippen molar-refractivity contribution in [1.82, 2.24) is 5.32 Å². The third kappa shape index (κ3) is 6.42. The molecule has 0 aliphatic heterocycles. The summed E-state index contributed by atoms with van der Waals surface area (Å²) < 4.78 is 5.40. The van der Waals surface area contributed by atoms with Crippen LogP contribution in [0.25, 0.3) is 0 Å². The lowest BCUT2D eigenvalue weighted by Gasteiger charge is -2.19. The smallest absolute Gasteiger partial charge is 0.0897 e. The van der Waals surface area contributed by atoms with Crippen molar-refractivity contribution in [2.45, 2.75) is 32.9 Å². The highest BCUT2D eigenvalue weighted by atomic mass is 35.5. The number of hydrogen-bond acceptors (Lipinski definition) is 3. The molecule has 0 bridgehead atoms. The zero-order valence-electron chi connectivity index (χ0n) is 12.2. The molecule has 0 heterocycles. The van der Waals surface area contributed by atoms with Gasteiger partial charge in [-0.05, 0) is 30.5 Å². The Morgan fingerprint density at radius 3 is 2.50 bits per heavy atom. The van der Waals surface area contributed by atoms with Crippen molar-refractivity contribution in [3.05, 3.63) is 33.8 Å². The molecule has 0 spiro atoms. The Kier molecular flexibility index (Phi) is 7.85. The fraction of sp³-hybridized carbons (Fsp3) is 0.600. The molecule has 0 amide bonds. The second-order valence-electron chi connectivity index (χ2n) is 5.38. The maximum absolute atomic E-state index is 9.83. The first kappa shape index (κ1) is 17.7. The molecule has 20 heavy (non-hydrogen) atoms. The van der Waals surface area contributed by atoms with Crippen molar-refractivity contribution in [2.75, 3.05) is 19.8 Å². The predicted octanol–water partition coefficient (Wildman–Crippen LogP) is 3.68. The van der Waals surface area contributed by atoms with Gasteiger partial charge in [-0.3, -0.25) is 0 Å². The summed E-state index contributed by atoms with van der Waals surface area (Å²) in [4.78, 5) is 0. The lowest BCUT2D eigenvalue weighted by atomic mass is 10.1. The molecule has 0 saturated heterocycles. The lowest BCUT2D eigenvalue weighted by Crippen LogP contribution is -2.32. The number of hydrogen-bond donors (Lipinski definition) is 2. The number of ether oxygens (including phenoxy) is 1. The fourth-order valence-electron chi connectivity index (χ4n) is 1.77. The summed E-state index contributed by atoms with van der Waals surface area (Å²) in [5.74, 6) is 0.474. The van der Waals surface area contributed by atoms with Gasteiger partial charge < -0.3 is 15.2 Å². The van der Waals surface area contributed by atoms with Crippen LogP contribution in [0.15, 0.2) is 18.2 Å². The molecule has 1 rings (SSSR count). The molecule has 0 saturated carbocycles. The van der Waals surface area contributed by atoms with Crippen molar-refractivity contribution in [1.29, 1.82) is 0 Å². The Morgan fingerprint density at radius 2 is 1.90 bits per heavy atom. The van der Waals surface area contributed by atoms with E-state index in [0.29, 0.717) is 35.7 Å². The normalized spacial score (nSPS) is 14.6. The summed E-state index contributed by atoms with van der Waals surface area (Å²) in [6, 6.07) is 5.46. The molecule has 114 valence electrons. The van der Waals surface area contributed by atoms with Gasteiger partial charge in [0.25, 0.3) is 0 Å². The lowest BCUT2D eigenvalue weighted by molar-refractivity contribution is 0.0252. The van der Waals surface area contributed by atoms with Crippen LogP contribution in [0.1, 0.15) is 32.4 Å².